The van der Waals surface area contributed by atoms with E-state index in [0.717, 1.165) is 37.5 Å². The molecule has 0 radical (unpaired) electrons. The van der Waals surface area contributed by atoms with E-state index in [4.69, 9.17) is 9.72 Å². The minimum atomic E-state index is 0.779. The van der Waals surface area contributed by atoms with Crippen molar-refractivity contribution in [3.8, 4) is 0 Å². The van der Waals surface area contributed by atoms with Crippen LogP contribution >= 0.6 is 0 Å². The Kier molecular flexibility index (Phi) is 5.32. The van der Waals surface area contributed by atoms with Crippen molar-refractivity contribution in [2.24, 2.45) is 0 Å². The number of nitrogens with one attached hydrogen (secondary N) is 1. The molecule has 20 heavy (non-hydrogen) atoms. The molecule has 0 aliphatic heterocycles. The molecular formula is C16H23N3O. The van der Waals surface area contributed by atoms with Crippen molar-refractivity contribution in [1.29, 1.82) is 0 Å². The predicted octanol–water partition coefficient (Wildman–Crippen LogP) is 2.43. The first-order valence-electron chi connectivity index (χ1n) is 6.99. The molecule has 108 valence electrons. The van der Waals surface area contributed by atoms with E-state index in [1.807, 2.05) is 13.1 Å². The van der Waals surface area contributed by atoms with Gasteiger partial charge in [0.2, 0.25) is 0 Å². The second-order valence-electron chi connectivity index (χ2n) is 4.95. The fourth-order valence-corrected chi connectivity index (χ4v) is 2.32. The lowest BCUT2D eigenvalue weighted by Gasteiger charge is -2.20. The van der Waals surface area contributed by atoms with Crippen molar-refractivity contribution in [3.63, 3.8) is 0 Å². The van der Waals surface area contributed by atoms with Gasteiger partial charge < -0.3 is 15.0 Å². The topological polar surface area (TPSA) is 37.4 Å². The average molecular weight is 273 g/mol. The zero-order chi connectivity index (χ0) is 14.4. The molecule has 0 amide bonds. The van der Waals surface area contributed by atoms with Crippen LogP contribution in [0, 0.1) is 0 Å². The van der Waals surface area contributed by atoms with Gasteiger partial charge in [0.05, 0.1) is 5.52 Å². The summed E-state index contributed by atoms with van der Waals surface area (Å²) in [4.78, 5) is 6.94. The van der Waals surface area contributed by atoms with Crippen molar-refractivity contribution >= 4 is 16.7 Å². The van der Waals surface area contributed by atoms with Crippen LogP contribution in [0.25, 0.3) is 10.9 Å². The lowest BCUT2D eigenvalue weighted by atomic mass is 10.1. The quantitative estimate of drug-likeness (QED) is 0.786. The summed E-state index contributed by atoms with van der Waals surface area (Å²) in [6.07, 6.45) is 1.00. The highest BCUT2D eigenvalue weighted by Gasteiger charge is 2.08. The lowest BCUT2D eigenvalue weighted by Crippen LogP contribution is -2.21. The first-order valence-corrected chi connectivity index (χ1v) is 6.99. The third-order valence-corrected chi connectivity index (χ3v) is 3.39. The summed E-state index contributed by atoms with van der Waals surface area (Å²) in [7, 11) is 5.78. The lowest BCUT2D eigenvalue weighted by molar-refractivity contribution is 0.196. The first-order chi connectivity index (χ1) is 9.76. The van der Waals surface area contributed by atoms with E-state index in [0.29, 0.717) is 0 Å². The summed E-state index contributed by atoms with van der Waals surface area (Å²) >= 11 is 0. The zero-order valence-electron chi connectivity index (χ0n) is 12.5. The van der Waals surface area contributed by atoms with Crippen LogP contribution < -0.4 is 10.2 Å². The van der Waals surface area contributed by atoms with Crippen molar-refractivity contribution in [2.45, 2.75) is 13.0 Å². The maximum atomic E-state index is 5.10. The maximum Gasteiger partial charge on any atom is 0.129 e. The smallest absolute Gasteiger partial charge is 0.129 e. The molecule has 0 atom stereocenters. The van der Waals surface area contributed by atoms with Crippen LogP contribution in [0.1, 0.15) is 12.0 Å². The molecule has 0 spiro atoms. The van der Waals surface area contributed by atoms with Gasteiger partial charge in [-0.25, -0.2) is 4.98 Å². The summed E-state index contributed by atoms with van der Waals surface area (Å²) in [5, 5.41) is 4.45. The van der Waals surface area contributed by atoms with Crippen molar-refractivity contribution in [1.82, 2.24) is 10.3 Å². The van der Waals surface area contributed by atoms with Crippen LogP contribution in [-0.4, -0.2) is 39.3 Å². The second kappa shape index (κ2) is 7.22. The SMILES string of the molecule is CNCc1cc(N(C)CCCOC)nc2ccccc12. The van der Waals surface area contributed by atoms with Gasteiger partial charge in [0.25, 0.3) is 0 Å². The monoisotopic (exact) mass is 273 g/mol. The molecule has 4 heteroatoms. The van der Waals surface area contributed by atoms with Crippen molar-refractivity contribution < 1.29 is 4.74 Å². The molecule has 1 aromatic heterocycles. The Morgan fingerprint density at radius 3 is 2.85 bits per heavy atom. The molecule has 0 saturated heterocycles. The molecule has 0 bridgehead atoms. The highest BCUT2D eigenvalue weighted by atomic mass is 16.5. The van der Waals surface area contributed by atoms with Gasteiger partial charge in [-0.15, -0.1) is 0 Å². The molecule has 1 N–H and O–H groups in total. The molecule has 0 aliphatic rings. The summed E-state index contributed by atoms with van der Waals surface area (Å²) in [5.74, 6) is 1.02. The van der Waals surface area contributed by atoms with Gasteiger partial charge in [-0.3, -0.25) is 0 Å². The molecule has 1 aromatic carbocycles. The predicted molar refractivity (Wildman–Crippen MR) is 84.3 cm³/mol. The van der Waals surface area contributed by atoms with Crippen molar-refractivity contribution in [2.75, 3.05) is 39.3 Å². The zero-order valence-corrected chi connectivity index (χ0v) is 12.5. The Morgan fingerprint density at radius 1 is 1.30 bits per heavy atom. The fraction of sp³-hybridized carbons (Fsp3) is 0.438. The van der Waals surface area contributed by atoms with Gasteiger partial charge >= 0.3 is 0 Å². The molecule has 0 aliphatic carbocycles. The molecule has 2 rings (SSSR count). The molecule has 0 unspecified atom stereocenters. The van der Waals surface area contributed by atoms with E-state index in [9.17, 15) is 0 Å². The van der Waals surface area contributed by atoms with E-state index < -0.39 is 0 Å². The molecule has 4 nitrogen and oxygen atoms in total. The Morgan fingerprint density at radius 2 is 2.10 bits per heavy atom. The van der Waals surface area contributed by atoms with Gasteiger partial charge in [0, 0.05) is 39.2 Å². The van der Waals surface area contributed by atoms with E-state index in [1.165, 1.54) is 10.9 Å². The molecule has 0 saturated carbocycles. The number of hydrogen-bond donors (Lipinski definition) is 1. The van der Waals surface area contributed by atoms with Gasteiger partial charge in [0.1, 0.15) is 5.82 Å². The number of fused-ring (bicyclic) bond motifs is 1. The maximum absolute atomic E-state index is 5.10. The highest BCUT2D eigenvalue weighted by Crippen LogP contribution is 2.22. The Balaban J connectivity index is 2.29. The summed E-state index contributed by atoms with van der Waals surface area (Å²) < 4.78 is 5.10. The normalized spacial score (nSPS) is 10.9. The largest absolute Gasteiger partial charge is 0.385 e. The summed E-state index contributed by atoms with van der Waals surface area (Å²) in [6.45, 7) is 2.57. The van der Waals surface area contributed by atoms with Crippen LogP contribution in [0.5, 0.6) is 0 Å². The van der Waals surface area contributed by atoms with E-state index in [1.54, 1.807) is 7.11 Å². The van der Waals surface area contributed by atoms with Crippen LogP contribution in [0.3, 0.4) is 0 Å². The van der Waals surface area contributed by atoms with Gasteiger partial charge in [-0.05, 0) is 31.2 Å². The summed E-state index contributed by atoms with van der Waals surface area (Å²) in [5.41, 5.74) is 2.33. The minimum absolute atomic E-state index is 0.779. The molecule has 2 aromatic rings. The van der Waals surface area contributed by atoms with Gasteiger partial charge in [0.15, 0.2) is 0 Å². The van der Waals surface area contributed by atoms with Crippen LogP contribution in [0.15, 0.2) is 30.3 Å². The number of para-hydroxylation sites is 1. The number of hydrogen-bond acceptors (Lipinski definition) is 4. The number of anilines is 1. The van der Waals surface area contributed by atoms with Gasteiger partial charge in [-0.1, -0.05) is 18.2 Å². The Hall–Kier alpha value is -1.65. The molecular weight excluding hydrogens is 250 g/mol. The van der Waals surface area contributed by atoms with Gasteiger partial charge in [-0.2, -0.15) is 0 Å². The Labute approximate surface area is 120 Å². The average Bonchev–Trinajstić information content (AvgIpc) is 2.47. The molecule has 1 heterocycles. The first kappa shape index (κ1) is 14.8. The number of methoxy groups -OCH3 is 1. The van der Waals surface area contributed by atoms with E-state index in [-0.39, 0.29) is 0 Å². The number of pyridine rings is 1. The standard InChI is InChI=1S/C16H23N3O/c1-17-12-13-11-16(19(2)9-6-10-20-3)18-15-8-5-4-7-14(13)15/h4-5,7-8,11,17H,6,9-10,12H2,1-3H3. The van der Waals surface area contributed by atoms with Crippen LogP contribution in [0.4, 0.5) is 5.82 Å². The number of rotatable bonds is 7. The van der Waals surface area contributed by atoms with E-state index in [2.05, 4.69) is 41.5 Å². The van der Waals surface area contributed by atoms with E-state index >= 15 is 0 Å². The number of nitrogens with zero attached hydrogens (tertiary/aromatic N) is 2. The second-order valence-corrected chi connectivity index (χ2v) is 4.95. The number of ether oxygens (including phenoxy) is 1. The number of aromatic nitrogens is 1. The summed E-state index contributed by atoms with van der Waals surface area (Å²) in [6, 6.07) is 10.5. The minimum Gasteiger partial charge on any atom is -0.385 e. The third-order valence-electron chi connectivity index (χ3n) is 3.39. The fourth-order valence-electron chi connectivity index (χ4n) is 2.32. The van der Waals surface area contributed by atoms with Crippen LogP contribution in [0.2, 0.25) is 0 Å². The Bertz CT molecular complexity index is 556. The van der Waals surface area contributed by atoms with Crippen molar-refractivity contribution in [3.05, 3.63) is 35.9 Å². The number of benzene rings is 1. The molecule has 0 fully saturated rings. The third kappa shape index (κ3) is 3.46. The highest BCUT2D eigenvalue weighted by molar-refractivity contribution is 5.84. The van der Waals surface area contributed by atoms with Crippen LogP contribution in [-0.2, 0) is 11.3 Å².